The van der Waals surface area contributed by atoms with E-state index in [2.05, 4.69) is 0 Å². The number of ketones is 1. The van der Waals surface area contributed by atoms with E-state index >= 15 is 0 Å². The van der Waals surface area contributed by atoms with E-state index in [1.807, 2.05) is 6.92 Å². The Hall–Kier alpha value is -2.32. The van der Waals surface area contributed by atoms with Gasteiger partial charge in [0.15, 0.2) is 12.4 Å². The van der Waals surface area contributed by atoms with Gasteiger partial charge in [0.2, 0.25) is 0 Å². The molecule has 7 nitrogen and oxygen atoms in total. The first-order valence-corrected chi connectivity index (χ1v) is 11.7. The fraction of sp³-hybridized carbons (Fsp3) is 0.304. The van der Waals surface area contributed by atoms with Crippen LogP contribution in [0.3, 0.4) is 0 Å². The number of carbonyl (C=O) groups is 4. The third-order valence-corrected chi connectivity index (χ3v) is 7.09. The van der Waals surface area contributed by atoms with Gasteiger partial charge in [0.1, 0.15) is 11.8 Å². The largest absolute Gasteiger partial charge is 0.497 e. The molecule has 0 fully saturated rings. The maximum Gasteiger partial charge on any atom is 0.329 e. The van der Waals surface area contributed by atoms with Gasteiger partial charge in [-0.25, -0.2) is 4.79 Å². The maximum absolute atomic E-state index is 13.2. The summed E-state index contributed by atoms with van der Waals surface area (Å²) in [4.78, 5) is 52.5. The second-order valence-electron chi connectivity index (χ2n) is 7.41. The van der Waals surface area contributed by atoms with Crippen LogP contribution in [0.4, 0.5) is 0 Å². The molecule has 34 heavy (non-hydrogen) atoms. The number of ether oxygens (including phenoxy) is 2. The highest BCUT2D eigenvalue weighted by Crippen LogP contribution is 2.45. The summed E-state index contributed by atoms with van der Waals surface area (Å²) >= 11 is 24.5. The van der Waals surface area contributed by atoms with E-state index in [-0.39, 0.29) is 43.2 Å². The first-order valence-electron chi connectivity index (χ1n) is 10.2. The summed E-state index contributed by atoms with van der Waals surface area (Å²) in [5.41, 5.74) is -0.179. The summed E-state index contributed by atoms with van der Waals surface area (Å²) in [6.07, 6.45) is 1.29. The molecule has 180 valence electrons. The van der Waals surface area contributed by atoms with Crippen LogP contribution in [0.1, 0.15) is 57.3 Å². The zero-order valence-corrected chi connectivity index (χ0v) is 21.1. The number of rotatable bonds is 9. The number of imide groups is 1. The van der Waals surface area contributed by atoms with Crippen molar-refractivity contribution in [3.8, 4) is 5.75 Å². The highest BCUT2D eigenvalue weighted by atomic mass is 35.5. The molecule has 1 aliphatic rings. The number of nitrogens with zero attached hydrogens (tertiary/aromatic N) is 1. The number of fused-ring (bicyclic) bond motifs is 1. The van der Waals surface area contributed by atoms with Crippen LogP contribution in [0, 0.1) is 0 Å². The van der Waals surface area contributed by atoms with Gasteiger partial charge >= 0.3 is 5.97 Å². The van der Waals surface area contributed by atoms with Crippen LogP contribution in [-0.4, -0.2) is 48.2 Å². The third kappa shape index (κ3) is 4.89. The highest BCUT2D eigenvalue weighted by Gasteiger charge is 2.47. The molecule has 0 saturated heterocycles. The molecule has 0 aromatic heterocycles. The smallest absolute Gasteiger partial charge is 0.329 e. The molecule has 1 unspecified atom stereocenters. The average molecular weight is 547 g/mol. The lowest BCUT2D eigenvalue weighted by Crippen LogP contribution is -2.46. The normalized spacial score (nSPS) is 13.6. The number of unbranched alkanes of at least 4 members (excludes halogenated alkanes) is 1. The summed E-state index contributed by atoms with van der Waals surface area (Å²) in [6, 6.07) is 5.05. The quantitative estimate of drug-likeness (QED) is 0.128. The Morgan fingerprint density at radius 3 is 2.09 bits per heavy atom. The molecule has 0 spiro atoms. The highest BCUT2D eigenvalue weighted by molar-refractivity contribution is 6.55. The lowest BCUT2D eigenvalue weighted by molar-refractivity contribution is -0.147. The standard InChI is InChI=1S/C23H19Cl4NO6/c1-3-4-8-13(23(32)34-10-14(29)11-6-5-7-12(9-11)33-2)28-21(30)15-16(22(28)31)18(25)20(27)19(26)17(15)24/h5-7,9,13H,3-4,8,10H2,1-2H3. The van der Waals surface area contributed by atoms with Crippen molar-refractivity contribution in [2.75, 3.05) is 13.7 Å². The number of halogens is 4. The molecule has 0 saturated carbocycles. The van der Waals surface area contributed by atoms with Crippen LogP contribution in [0.25, 0.3) is 0 Å². The Morgan fingerprint density at radius 1 is 0.971 bits per heavy atom. The summed E-state index contributed by atoms with van der Waals surface area (Å²) in [6.45, 7) is 1.29. The lowest BCUT2D eigenvalue weighted by atomic mass is 10.1. The van der Waals surface area contributed by atoms with Crippen LogP contribution in [0.5, 0.6) is 5.75 Å². The minimum atomic E-state index is -1.30. The Bertz CT molecular complexity index is 1140. The molecule has 0 bridgehead atoms. The van der Waals surface area contributed by atoms with E-state index < -0.39 is 36.2 Å². The van der Waals surface area contributed by atoms with E-state index in [9.17, 15) is 19.2 Å². The number of carbonyl (C=O) groups excluding carboxylic acids is 4. The van der Waals surface area contributed by atoms with Crippen molar-refractivity contribution >= 4 is 70.0 Å². The second kappa shape index (κ2) is 11.0. The number of methoxy groups -OCH3 is 1. The van der Waals surface area contributed by atoms with Crippen molar-refractivity contribution in [2.24, 2.45) is 0 Å². The Morgan fingerprint density at radius 2 is 1.56 bits per heavy atom. The van der Waals surface area contributed by atoms with Crippen LogP contribution in [0.2, 0.25) is 20.1 Å². The van der Waals surface area contributed by atoms with Gasteiger partial charge in [-0.1, -0.05) is 78.3 Å². The van der Waals surface area contributed by atoms with Gasteiger partial charge in [-0.05, 0) is 18.6 Å². The summed E-state index contributed by atoms with van der Waals surface area (Å²) in [5.74, 6) is -2.61. The number of esters is 1. The molecule has 1 heterocycles. The monoisotopic (exact) mass is 545 g/mol. The molecular formula is C23H19Cl4NO6. The second-order valence-corrected chi connectivity index (χ2v) is 8.92. The molecule has 0 aliphatic carbocycles. The summed E-state index contributed by atoms with van der Waals surface area (Å²) in [5, 5.41) is -0.816. The van der Waals surface area contributed by atoms with Crippen molar-refractivity contribution in [3.63, 3.8) is 0 Å². The van der Waals surface area contributed by atoms with E-state index in [1.54, 1.807) is 18.2 Å². The SMILES string of the molecule is CCCCC(C(=O)OCC(=O)c1cccc(OC)c1)N1C(=O)c2c(Cl)c(Cl)c(Cl)c(Cl)c2C1=O. The Balaban J connectivity index is 1.86. The minimum Gasteiger partial charge on any atom is -0.497 e. The fourth-order valence-corrected chi connectivity index (χ4v) is 4.53. The molecule has 2 aromatic rings. The summed E-state index contributed by atoms with van der Waals surface area (Å²) in [7, 11) is 1.46. The third-order valence-electron chi connectivity index (χ3n) is 5.28. The van der Waals surface area contributed by atoms with Crippen molar-refractivity contribution < 1.29 is 28.7 Å². The Labute approximate surface area is 215 Å². The molecule has 2 amide bonds. The predicted octanol–water partition coefficient (Wildman–Crippen LogP) is 5.89. The van der Waals surface area contributed by atoms with Crippen molar-refractivity contribution in [1.29, 1.82) is 0 Å². The van der Waals surface area contributed by atoms with E-state index in [1.165, 1.54) is 13.2 Å². The van der Waals surface area contributed by atoms with Crippen LogP contribution < -0.4 is 4.74 Å². The molecular weight excluding hydrogens is 528 g/mol. The van der Waals surface area contributed by atoms with Crippen molar-refractivity contribution in [1.82, 2.24) is 4.90 Å². The summed E-state index contributed by atoms with van der Waals surface area (Å²) < 4.78 is 10.3. The van der Waals surface area contributed by atoms with Crippen molar-refractivity contribution in [2.45, 2.75) is 32.2 Å². The fourth-order valence-electron chi connectivity index (χ4n) is 3.51. The van der Waals surface area contributed by atoms with E-state index in [0.717, 1.165) is 4.90 Å². The van der Waals surface area contributed by atoms with Gasteiger partial charge in [0.25, 0.3) is 11.8 Å². The predicted molar refractivity (Wildman–Crippen MR) is 129 cm³/mol. The molecule has 0 radical (unpaired) electrons. The van der Waals surface area contributed by atoms with Crippen LogP contribution >= 0.6 is 46.4 Å². The molecule has 2 aromatic carbocycles. The average Bonchev–Trinajstić information content (AvgIpc) is 3.10. The number of amides is 2. The topological polar surface area (TPSA) is 90.0 Å². The number of hydrogen-bond donors (Lipinski definition) is 0. The first-order chi connectivity index (χ1) is 16.1. The van der Waals surface area contributed by atoms with Gasteiger partial charge in [0.05, 0.1) is 38.3 Å². The molecule has 1 aliphatic heterocycles. The zero-order valence-electron chi connectivity index (χ0n) is 18.1. The number of Topliss-reactive ketones (excluding diaryl/α,β-unsaturated/α-hetero) is 1. The van der Waals surface area contributed by atoms with Gasteiger partial charge in [-0.2, -0.15) is 0 Å². The molecule has 11 heteroatoms. The molecule has 1 atom stereocenters. The lowest BCUT2D eigenvalue weighted by Gasteiger charge is -2.24. The van der Waals surface area contributed by atoms with Crippen molar-refractivity contribution in [3.05, 3.63) is 61.0 Å². The Kier molecular flexibility index (Phi) is 8.47. The maximum atomic E-state index is 13.2. The van der Waals surface area contributed by atoms with Gasteiger partial charge < -0.3 is 9.47 Å². The van der Waals surface area contributed by atoms with E-state index in [4.69, 9.17) is 55.9 Å². The first kappa shape index (κ1) is 26.3. The molecule has 3 rings (SSSR count). The van der Waals surface area contributed by atoms with Crippen LogP contribution in [0.15, 0.2) is 24.3 Å². The van der Waals surface area contributed by atoms with Crippen LogP contribution in [-0.2, 0) is 9.53 Å². The molecule has 0 N–H and O–H groups in total. The van der Waals surface area contributed by atoms with E-state index in [0.29, 0.717) is 18.6 Å². The van der Waals surface area contributed by atoms with Gasteiger partial charge in [-0.15, -0.1) is 0 Å². The zero-order chi connectivity index (χ0) is 25.2. The minimum absolute atomic E-state index is 0.116. The number of benzene rings is 2. The van der Waals surface area contributed by atoms with Gasteiger partial charge in [0, 0.05) is 5.56 Å². The van der Waals surface area contributed by atoms with Gasteiger partial charge in [-0.3, -0.25) is 19.3 Å². The number of hydrogen-bond acceptors (Lipinski definition) is 6.